The standard InChI is InChI=1S/C22H22FN3O2/c1-3-25-20-11-8-15(12-19(20)24-14(2)21(25)27)22(28)26(17-9-10-17)13-16-6-4-5-7-18(16)23/h4-8,11-12,17H,3,9-10,13H2,1-2H3. The molecule has 2 aromatic carbocycles. The number of nitrogens with zero attached hydrogens (tertiary/aromatic N) is 3. The number of amides is 1. The maximum absolute atomic E-state index is 14.1. The maximum Gasteiger partial charge on any atom is 0.272 e. The Morgan fingerprint density at radius 3 is 2.68 bits per heavy atom. The third-order valence-corrected chi connectivity index (χ3v) is 5.22. The van der Waals surface area contributed by atoms with Crippen molar-refractivity contribution in [1.29, 1.82) is 0 Å². The average Bonchev–Trinajstić information content (AvgIpc) is 3.53. The van der Waals surface area contributed by atoms with Crippen molar-refractivity contribution in [2.45, 2.75) is 45.8 Å². The molecular formula is C22H22FN3O2. The molecule has 0 unspecified atom stereocenters. The van der Waals surface area contributed by atoms with E-state index in [1.165, 1.54) is 6.07 Å². The van der Waals surface area contributed by atoms with Crippen molar-refractivity contribution in [2.24, 2.45) is 0 Å². The zero-order valence-corrected chi connectivity index (χ0v) is 16.0. The van der Waals surface area contributed by atoms with Gasteiger partial charge in [0, 0.05) is 30.3 Å². The largest absolute Gasteiger partial charge is 0.331 e. The van der Waals surface area contributed by atoms with E-state index in [0.29, 0.717) is 34.4 Å². The summed E-state index contributed by atoms with van der Waals surface area (Å²) < 4.78 is 15.7. The first-order valence-corrected chi connectivity index (χ1v) is 9.55. The lowest BCUT2D eigenvalue weighted by atomic mass is 10.1. The lowest BCUT2D eigenvalue weighted by Gasteiger charge is -2.23. The summed E-state index contributed by atoms with van der Waals surface area (Å²) in [6.07, 6.45) is 1.86. The minimum absolute atomic E-state index is 0.117. The fourth-order valence-electron chi connectivity index (χ4n) is 3.55. The minimum Gasteiger partial charge on any atom is -0.331 e. The van der Waals surface area contributed by atoms with E-state index in [1.54, 1.807) is 52.8 Å². The summed E-state index contributed by atoms with van der Waals surface area (Å²) in [4.78, 5) is 31.6. The van der Waals surface area contributed by atoms with Gasteiger partial charge < -0.3 is 9.47 Å². The van der Waals surface area contributed by atoms with Crippen LogP contribution in [0.4, 0.5) is 4.39 Å². The summed E-state index contributed by atoms with van der Waals surface area (Å²) in [5, 5.41) is 0. The summed E-state index contributed by atoms with van der Waals surface area (Å²) in [7, 11) is 0. The van der Waals surface area contributed by atoms with Gasteiger partial charge in [-0.2, -0.15) is 0 Å². The number of carbonyl (C=O) groups excluding carboxylic acids is 1. The predicted molar refractivity (Wildman–Crippen MR) is 106 cm³/mol. The molecular weight excluding hydrogens is 357 g/mol. The Morgan fingerprint density at radius 2 is 2.00 bits per heavy atom. The van der Waals surface area contributed by atoms with Crippen molar-refractivity contribution >= 4 is 16.9 Å². The van der Waals surface area contributed by atoms with Crippen molar-refractivity contribution in [2.75, 3.05) is 0 Å². The van der Waals surface area contributed by atoms with Gasteiger partial charge in [0.15, 0.2) is 0 Å². The molecule has 0 spiro atoms. The Morgan fingerprint density at radius 1 is 1.25 bits per heavy atom. The molecule has 1 aliphatic carbocycles. The fourth-order valence-corrected chi connectivity index (χ4v) is 3.55. The number of rotatable bonds is 5. The van der Waals surface area contributed by atoms with Gasteiger partial charge in [0.25, 0.3) is 11.5 Å². The lowest BCUT2D eigenvalue weighted by Crippen LogP contribution is -2.33. The number of fused-ring (bicyclic) bond motifs is 1. The minimum atomic E-state index is -0.302. The number of hydrogen-bond donors (Lipinski definition) is 0. The van der Waals surface area contributed by atoms with E-state index >= 15 is 0 Å². The molecule has 0 radical (unpaired) electrons. The fraction of sp³-hybridized carbons (Fsp3) is 0.318. The van der Waals surface area contributed by atoms with E-state index in [4.69, 9.17) is 0 Å². The molecule has 0 saturated heterocycles. The number of aryl methyl sites for hydroxylation is 2. The monoisotopic (exact) mass is 379 g/mol. The van der Waals surface area contributed by atoms with Crippen molar-refractivity contribution in [1.82, 2.24) is 14.5 Å². The molecule has 1 fully saturated rings. The Kier molecular flexibility index (Phi) is 4.71. The Hall–Kier alpha value is -3.02. The van der Waals surface area contributed by atoms with Crippen molar-refractivity contribution in [3.05, 3.63) is 75.5 Å². The third-order valence-electron chi connectivity index (χ3n) is 5.22. The number of carbonyl (C=O) groups is 1. The van der Waals surface area contributed by atoms with Gasteiger partial charge in [-0.05, 0) is 51.0 Å². The number of aromatic nitrogens is 2. The van der Waals surface area contributed by atoms with Gasteiger partial charge in [0.1, 0.15) is 11.5 Å². The molecule has 0 atom stereocenters. The van der Waals surface area contributed by atoms with E-state index in [-0.39, 0.29) is 29.9 Å². The molecule has 0 bridgehead atoms. The molecule has 1 amide bonds. The molecule has 0 aliphatic heterocycles. The van der Waals surface area contributed by atoms with Gasteiger partial charge in [-0.25, -0.2) is 9.37 Å². The number of hydrogen-bond acceptors (Lipinski definition) is 3. The zero-order valence-electron chi connectivity index (χ0n) is 16.0. The van der Waals surface area contributed by atoms with Gasteiger partial charge in [-0.3, -0.25) is 9.59 Å². The van der Waals surface area contributed by atoms with E-state index in [1.807, 2.05) is 6.92 Å². The van der Waals surface area contributed by atoms with Crippen LogP contribution in [0.1, 0.15) is 41.4 Å². The Bertz CT molecular complexity index is 1120. The van der Waals surface area contributed by atoms with Crippen LogP contribution in [0.3, 0.4) is 0 Å². The molecule has 6 heteroatoms. The van der Waals surface area contributed by atoms with Crippen molar-refractivity contribution in [3.8, 4) is 0 Å². The molecule has 1 saturated carbocycles. The van der Waals surface area contributed by atoms with Crippen LogP contribution >= 0.6 is 0 Å². The molecule has 5 nitrogen and oxygen atoms in total. The van der Waals surface area contributed by atoms with E-state index < -0.39 is 0 Å². The quantitative estimate of drug-likeness (QED) is 0.680. The molecule has 1 aromatic heterocycles. The molecule has 4 rings (SSSR count). The first-order chi connectivity index (χ1) is 13.5. The van der Waals surface area contributed by atoms with E-state index in [2.05, 4.69) is 4.98 Å². The zero-order chi connectivity index (χ0) is 19.8. The smallest absolute Gasteiger partial charge is 0.272 e. The highest BCUT2D eigenvalue weighted by Gasteiger charge is 2.33. The second-order valence-corrected chi connectivity index (χ2v) is 7.21. The molecule has 0 N–H and O–H groups in total. The summed E-state index contributed by atoms with van der Waals surface area (Å²) >= 11 is 0. The van der Waals surface area contributed by atoms with Gasteiger partial charge in [0.2, 0.25) is 0 Å². The SMILES string of the molecule is CCn1c(=O)c(C)nc2cc(C(=O)N(Cc3ccccc3F)C3CC3)ccc21. The first-order valence-electron chi connectivity index (χ1n) is 9.55. The summed E-state index contributed by atoms with van der Waals surface area (Å²) in [6.45, 7) is 4.36. The van der Waals surface area contributed by atoms with Gasteiger partial charge in [-0.1, -0.05) is 18.2 Å². The van der Waals surface area contributed by atoms with Crippen LogP contribution in [0, 0.1) is 12.7 Å². The van der Waals surface area contributed by atoms with E-state index in [0.717, 1.165) is 12.8 Å². The van der Waals surface area contributed by atoms with Crippen molar-refractivity contribution in [3.63, 3.8) is 0 Å². The second kappa shape index (κ2) is 7.19. The van der Waals surface area contributed by atoms with Crippen LogP contribution in [0.15, 0.2) is 47.3 Å². The summed E-state index contributed by atoms with van der Waals surface area (Å²) in [5.74, 6) is -0.440. The number of benzene rings is 2. The summed E-state index contributed by atoms with van der Waals surface area (Å²) in [5.41, 5.74) is 2.63. The third kappa shape index (κ3) is 3.30. The highest BCUT2D eigenvalue weighted by molar-refractivity contribution is 5.97. The van der Waals surface area contributed by atoms with Gasteiger partial charge in [0.05, 0.1) is 11.0 Å². The number of halogens is 1. The Balaban J connectivity index is 1.71. The molecule has 1 heterocycles. The average molecular weight is 379 g/mol. The first kappa shape index (κ1) is 18.3. The molecule has 144 valence electrons. The van der Waals surface area contributed by atoms with Crippen LogP contribution in [-0.4, -0.2) is 26.4 Å². The highest BCUT2D eigenvalue weighted by Crippen LogP contribution is 2.30. The predicted octanol–water partition coefficient (Wildman–Crippen LogP) is 3.67. The van der Waals surface area contributed by atoms with Crippen LogP contribution in [-0.2, 0) is 13.1 Å². The summed E-state index contributed by atoms with van der Waals surface area (Å²) in [6, 6.07) is 11.9. The normalized spacial score (nSPS) is 13.7. The highest BCUT2D eigenvalue weighted by atomic mass is 19.1. The molecule has 3 aromatic rings. The van der Waals surface area contributed by atoms with Crippen molar-refractivity contribution < 1.29 is 9.18 Å². The second-order valence-electron chi connectivity index (χ2n) is 7.21. The lowest BCUT2D eigenvalue weighted by molar-refractivity contribution is 0.0728. The Labute approximate surface area is 162 Å². The van der Waals surface area contributed by atoms with Crippen LogP contribution in [0.25, 0.3) is 11.0 Å². The van der Waals surface area contributed by atoms with Gasteiger partial charge in [-0.15, -0.1) is 0 Å². The topological polar surface area (TPSA) is 55.2 Å². The van der Waals surface area contributed by atoms with Crippen LogP contribution < -0.4 is 5.56 Å². The van der Waals surface area contributed by atoms with Crippen LogP contribution in [0.5, 0.6) is 0 Å². The molecule has 1 aliphatic rings. The van der Waals surface area contributed by atoms with E-state index in [9.17, 15) is 14.0 Å². The van der Waals surface area contributed by atoms with Crippen LogP contribution in [0.2, 0.25) is 0 Å². The maximum atomic E-state index is 14.1. The van der Waals surface area contributed by atoms with Gasteiger partial charge >= 0.3 is 0 Å². The molecule has 28 heavy (non-hydrogen) atoms.